The van der Waals surface area contributed by atoms with Crippen molar-refractivity contribution in [3.8, 4) is 11.3 Å². The topological polar surface area (TPSA) is 55.2 Å². The van der Waals surface area contributed by atoms with Crippen molar-refractivity contribution in [3.63, 3.8) is 0 Å². The van der Waals surface area contributed by atoms with Gasteiger partial charge in [0.2, 0.25) is 5.91 Å². The Balaban J connectivity index is 1.85. The zero-order valence-corrected chi connectivity index (χ0v) is 14.2. The summed E-state index contributed by atoms with van der Waals surface area (Å²) in [5, 5.41) is 4.34. The standard InChI is InChI=1S/C20H19N3O2/c1-15-8-10-16(11-9-15)18-12-13-19(24)23(21-18)14-20(25)22(2)17-6-4-3-5-7-17/h3-13H,14H2,1-2H3. The third-order valence-corrected chi connectivity index (χ3v) is 4.02. The van der Waals surface area contributed by atoms with Crippen LogP contribution < -0.4 is 10.5 Å². The molecule has 0 spiro atoms. The number of carbonyl (C=O) groups excluding carboxylic acids is 1. The molecule has 0 aliphatic carbocycles. The lowest BCUT2D eigenvalue weighted by Crippen LogP contribution is -2.34. The third-order valence-electron chi connectivity index (χ3n) is 4.02. The van der Waals surface area contributed by atoms with E-state index in [1.54, 1.807) is 13.1 Å². The molecule has 0 atom stereocenters. The van der Waals surface area contributed by atoms with E-state index in [1.807, 2.05) is 61.5 Å². The van der Waals surface area contributed by atoms with Crippen molar-refractivity contribution in [1.29, 1.82) is 0 Å². The van der Waals surface area contributed by atoms with E-state index < -0.39 is 0 Å². The van der Waals surface area contributed by atoms with Gasteiger partial charge < -0.3 is 4.90 Å². The van der Waals surface area contributed by atoms with Gasteiger partial charge in [0, 0.05) is 24.4 Å². The fraction of sp³-hybridized carbons (Fsp3) is 0.150. The lowest BCUT2D eigenvalue weighted by molar-refractivity contribution is -0.119. The smallest absolute Gasteiger partial charge is 0.267 e. The van der Waals surface area contributed by atoms with Crippen LogP contribution in [0.25, 0.3) is 11.3 Å². The number of amides is 1. The van der Waals surface area contributed by atoms with Crippen molar-refractivity contribution in [2.45, 2.75) is 13.5 Å². The van der Waals surface area contributed by atoms with Crippen molar-refractivity contribution in [1.82, 2.24) is 9.78 Å². The molecule has 1 heterocycles. The first kappa shape index (κ1) is 16.6. The molecular formula is C20H19N3O2. The molecule has 0 aliphatic rings. The van der Waals surface area contributed by atoms with E-state index in [9.17, 15) is 9.59 Å². The molecule has 3 rings (SSSR count). The minimum Gasteiger partial charge on any atom is -0.314 e. The van der Waals surface area contributed by atoms with Gasteiger partial charge in [-0.25, -0.2) is 4.68 Å². The molecule has 0 unspecified atom stereocenters. The van der Waals surface area contributed by atoms with Gasteiger partial charge in [0.15, 0.2) is 0 Å². The number of hydrogen-bond donors (Lipinski definition) is 0. The molecule has 1 amide bonds. The number of aromatic nitrogens is 2. The molecule has 25 heavy (non-hydrogen) atoms. The molecule has 126 valence electrons. The van der Waals surface area contributed by atoms with E-state index in [2.05, 4.69) is 5.10 Å². The molecule has 3 aromatic rings. The van der Waals surface area contributed by atoms with Crippen molar-refractivity contribution >= 4 is 11.6 Å². The van der Waals surface area contributed by atoms with Gasteiger partial charge in [0.05, 0.1) is 5.69 Å². The van der Waals surface area contributed by atoms with Crippen LogP contribution in [0, 0.1) is 6.92 Å². The highest BCUT2D eigenvalue weighted by atomic mass is 16.2. The maximum Gasteiger partial charge on any atom is 0.267 e. The number of carbonyl (C=O) groups is 1. The summed E-state index contributed by atoms with van der Waals surface area (Å²) in [4.78, 5) is 26.1. The molecule has 1 aromatic heterocycles. The zero-order valence-electron chi connectivity index (χ0n) is 14.2. The Hall–Kier alpha value is -3.21. The molecule has 5 heteroatoms. The predicted octanol–water partition coefficient (Wildman–Crippen LogP) is 2.88. The summed E-state index contributed by atoms with van der Waals surface area (Å²) >= 11 is 0. The second kappa shape index (κ2) is 7.13. The largest absolute Gasteiger partial charge is 0.314 e. The number of anilines is 1. The normalized spacial score (nSPS) is 10.5. The molecule has 2 aromatic carbocycles. The van der Waals surface area contributed by atoms with Crippen LogP contribution in [0.5, 0.6) is 0 Å². The van der Waals surface area contributed by atoms with Crippen LogP contribution in [-0.2, 0) is 11.3 Å². The van der Waals surface area contributed by atoms with E-state index in [0.29, 0.717) is 5.69 Å². The molecule has 0 aliphatic heterocycles. The number of benzene rings is 2. The fourth-order valence-electron chi connectivity index (χ4n) is 2.47. The van der Waals surface area contributed by atoms with Crippen LogP contribution in [0.15, 0.2) is 71.5 Å². The van der Waals surface area contributed by atoms with Gasteiger partial charge in [-0.15, -0.1) is 0 Å². The summed E-state index contributed by atoms with van der Waals surface area (Å²) in [7, 11) is 1.69. The number of likely N-dealkylation sites (N-methyl/N-ethyl adjacent to an activating group) is 1. The van der Waals surface area contributed by atoms with Gasteiger partial charge >= 0.3 is 0 Å². The van der Waals surface area contributed by atoms with Gasteiger partial charge in [0.1, 0.15) is 6.54 Å². The van der Waals surface area contributed by atoms with Crippen molar-refractivity contribution in [3.05, 3.63) is 82.6 Å². The maximum atomic E-state index is 12.5. The van der Waals surface area contributed by atoms with E-state index in [-0.39, 0.29) is 18.0 Å². The van der Waals surface area contributed by atoms with Crippen LogP contribution in [0.2, 0.25) is 0 Å². The molecule has 0 bridgehead atoms. The van der Waals surface area contributed by atoms with Gasteiger partial charge in [-0.3, -0.25) is 9.59 Å². The Morgan fingerprint density at radius 2 is 1.68 bits per heavy atom. The highest BCUT2D eigenvalue weighted by Gasteiger charge is 2.13. The highest BCUT2D eigenvalue weighted by molar-refractivity contribution is 5.92. The second-order valence-corrected chi connectivity index (χ2v) is 5.87. The van der Waals surface area contributed by atoms with Gasteiger partial charge in [0.25, 0.3) is 5.56 Å². The van der Waals surface area contributed by atoms with E-state index in [1.165, 1.54) is 15.6 Å². The molecule has 0 saturated carbocycles. The summed E-state index contributed by atoms with van der Waals surface area (Å²) in [5.74, 6) is -0.207. The van der Waals surface area contributed by atoms with Crippen molar-refractivity contribution < 1.29 is 4.79 Å². The SMILES string of the molecule is Cc1ccc(-c2ccc(=O)n(CC(=O)N(C)c3ccccc3)n2)cc1. The van der Waals surface area contributed by atoms with Crippen molar-refractivity contribution in [2.75, 3.05) is 11.9 Å². The summed E-state index contributed by atoms with van der Waals surface area (Å²) < 4.78 is 1.21. The first-order chi connectivity index (χ1) is 12.0. The molecule has 0 saturated heterocycles. The third kappa shape index (κ3) is 3.83. The molecule has 0 radical (unpaired) electrons. The monoisotopic (exact) mass is 333 g/mol. The van der Waals surface area contributed by atoms with E-state index in [0.717, 1.165) is 16.8 Å². The van der Waals surface area contributed by atoms with Crippen LogP contribution >= 0.6 is 0 Å². The van der Waals surface area contributed by atoms with Gasteiger partial charge in [-0.1, -0.05) is 48.0 Å². The number of aryl methyl sites for hydroxylation is 1. The molecule has 0 fully saturated rings. The number of hydrogen-bond acceptors (Lipinski definition) is 3. The average molecular weight is 333 g/mol. The second-order valence-electron chi connectivity index (χ2n) is 5.87. The van der Waals surface area contributed by atoms with Crippen LogP contribution in [0.1, 0.15) is 5.56 Å². The lowest BCUT2D eigenvalue weighted by atomic mass is 10.1. The summed E-state index contributed by atoms with van der Waals surface area (Å²) in [6.07, 6.45) is 0. The molecular weight excluding hydrogens is 314 g/mol. The highest BCUT2D eigenvalue weighted by Crippen LogP contribution is 2.16. The van der Waals surface area contributed by atoms with Crippen LogP contribution in [-0.4, -0.2) is 22.7 Å². The first-order valence-electron chi connectivity index (χ1n) is 8.01. The number of rotatable bonds is 4. The Labute approximate surface area is 146 Å². The average Bonchev–Trinajstić information content (AvgIpc) is 2.64. The molecule has 0 N–H and O–H groups in total. The number of para-hydroxylation sites is 1. The molecule has 5 nitrogen and oxygen atoms in total. The quantitative estimate of drug-likeness (QED) is 0.738. The summed E-state index contributed by atoms with van der Waals surface area (Å²) in [5.41, 5.74) is 3.19. The van der Waals surface area contributed by atoms with E-state index >= 15 is 0 Å². The lowest BCUT2D eigenvalue weighted by Gasteiger charge is -2.17. The minimum atomic E-state index is -0.300. The van der Waals surface area contributed by atoms with Crippen LogP contribution in [0.3, 0.4) is 0 Å². The Morgan fingerprint density at radius 3 is 2.36 bits per heavy atom. The van der Waals surface area contributed by atoms with E-state index in [4.69, 9.17) is 0 Å². The zero-order chi connectivity index (χ0) is 17.8. The first-order valence-corrected chi connectivity index (χ1v) is 8.01. The maximum absolute atomic E-state index is 12.5. The summed E-state index contributed by atoms with van der Waals surface area (Å²) in [6.45, 7) is 1.90. The Kier molecular flexibility index (Phi) is 4.75. The van der Waals surface area contributed by atoms with Crippen molar-refractivity contribution in [2.24, 2.45) is 0 Å². The fourth-order valence-corrected chi connectivity index (χ4v) is 2.47. The predicted molar refractivity (Wildman–Crippen MR) is 98.5 cm³/mol. The van der Waals surface area contributed by atoms with Gasteiger partial charge in [-0.05, 0) is 25.1 Å². The Morgan fingerprint density at radius 1 is 1.00 bits per heavy atom. The minimum absolute atomic E-state index is 0.107. The summed E-state index contributed by atoms with van der Waals surface area (Å²) in [6, 6.07) is 20.3. The number of nitrogens with zero attached hydrogens (tertiary/aromatic N) is 3. The van der Waals surface area contributed by atoms with Crippen LogP contribution in [0.4, 0.5) is 5.69 Å². The van der Waals surface area contributed by atoms with Gasteiger partial charge in [-0.2, -0.15) is 5.10 Å². The Bertz CT molecular complexity index is 931.